The van der Waals surface area contributed by atoms with Crippen LogP contribution in [0.25, 0.3) is 0 Å². The summed E-state index contributed by atoms with van der Waals surface area (Å²) in [5, 5.41) is 1.09. The minimum Gasteiger partial charge on any atom is -0.288 e. The van der Waals surface area contributed by atoms with E-state index in [9.17, 15) is 18.0 Å². The zero-order chi connectivity index (χ0) is 18.0. The molecular weight excluding hydrogens is 385 g/mol. The van der Waals surface area contributed by atoms with E-state index < -0.39 is 17.8 Å². The molecular formula is C17H22BrF3N2O. The number of halogens is 4. The minimum absolute atomic E-state index is 0.0301. The van der Waals surface area contributed by atoms with E-state index in [0.717, 1.165) is 21.5 Å². The number of rotatable bonds is 6. The number of amides is 1. The molecule has 7 heteroatoms. The molecule has 1 aliphatic rings. The first-order valence-electron chi connectivity index (χ1n) is 8.00. The van der Waals surface area contributed by atoms with Crippen LogP contribution in [-0.2, 0) is 11.2 Å². The number of hydrogen-bond acceptors (Lipinski definition) is 2. The Kier molecular flexibility index (Phi) is 5.96. The summed E-state index contributed by atoms with van der Waals surface area (Å²) in [6.07, 6.45) is -2.50. The first kappa shape index (κ1) is 19.2. The molecule has 1 aromatic carbocycles. The Balaban J connectivity index is 1.96. The molecule has 0 radical (unpaired) electrons. The summed E-state index contributed by atoms with van der Waals surface area (Å²) in [5.41, 5.74) is 2.65. The number of aryl methyl sites for hydroxylation is 1. The van der Waals surface area contributed by atoms with Crippen molar-refractivity contribution in [3.05, 3.63) is 34.3 Å². The first-order valence-corrected chi connectivity index (χ1v) is 8.79. The molecule has 1 amide bonds. The lowest BCUT2D eigenvalue weighted by Crippen LogP contribution is -2.56. The van der Waals surface area contributed by atoms with Crippen molar-refractivity contribution in [3.8, 4) is 0 Å². The van der Waals surface area contributed by atoms with Gasteiger partial charge >= 0.3 is 6.18 Å². The third kappa shape index (κ3) is 4.72. The maximum atomic E-state index is 13.5. The molecule has 1 saturated heterocycles. The van der Waals surface area contributed by atoms with Crippen LogP contribution in [0.2, 0.25) is 0 Å². The lowest BCUT2D eigenvalue weighted by molar-refractivity contribution is -0.202. The topological polar surface area (TPSA) is 32.3 Å². The van der Waals surface area contributed by atoms with Crippen LogP contribution in [0.3, 0.4) is 0 Å². The Bertz CT molecular complexity index is 589. The number of hydrazine groups is 1. The molecule has 1 aromatic rings. The van der Waals surface area contributed by atoms with Gasteiger partial charge in [-0.3, -0.25) is 10.2 Å². The predicted molar refractivity (Wildman–Crippen MR) is 90.2 cm³/mol. The van der Waals surface area contributed by atoms with E-state index in [1.165, 1.54) is 0 Å². The fourth-order valence-electron chi connectivity index (χ4n) is 3.10. The van der Waals surface area contributed by atoms with Gasteiger partial charge in [0.15, 0.2) is 0 Å². The highest BCUT2D eigenvalue weighted by atomic mass is 79.9. The van der Waals surface area contributed by atoms with Crippen LogP contribution in [0.1, 0.15) is 45.1 Å². The van der Waals surface area contributed by atoms with Crippen molar-refractivity contribution in [2.75, 3.05) is 0 Å². The van der Waals surface area contributed by atoms with Crippen LogP contribution < -0.4 is 5.43 Å². The van der Waals surface area contributed by atoms with Gasteiger partial charge in [0.05, 0.1) is 0 Å². The van der Waals surface area contributed by atoms with Gasteiger partial charge < -0.3 is 0 Å². The van der Waals surface area contributed by atoms with E-state index in [1.807, 2.05) is 24.3 Å². The van der Waals surface area contributed by atoms with Gasteiger partial charge in [-0.25, -0.2) is 5.01 Å². The molecule has 0 aromatic heterocycles. The highest BCUT2D eigenvalue weighted by Gasteiger charge is 2.51. The third-order valence-electron chi connectivity index (χ3n) is 4.31. The maximum absolute atomic E-state index is 13.5. The van der Waals surface area contributed by atoms with E-state index >= 15 is 0 Å². The number of hydrogen-bond donors (Lipinski definition) is 1. The van der Waals surface area contributed by atoms with Gasteiger partial charge in [0, 0.05) is 16.4 Å². The van der Waals surface area contributed by atoms with Crippen LogP contribution in [-0.4, -0.2) is 28.7 Å². The first-order chi connectivity index (χ1) is 11.1. The largest absolute Gasteiger partial charge is 0.405 e. The summed E-state index contributed by atoms with van der Waals surface area (Å²) < 4.78 is 41.3. The van der Waals surface area contributed by atoms with Gasteiger partial charge in [-0.1, -0.05) is 40.5 Å². The molecule has 0 aliphatic carbocycles. The average molecular weight is 407 g/mol. The van der Waals surface area contributed by atoms with Crippen LogP contribution in [0.15, 0.2) is 28.7 Å². The molecule has 1 N–H and O–H groups in total. The number of nitrogens with one attached hydrogen (secondary N) is 1. The number of unbranched alkanes of at least 4 members (excludes halogenated alkanes) is 1. The van der Waals surface area contributed by atoms with E-state index in [-0.39, 0.29) is 18.7 Å². The summed E-state index contributed by atoms with van der Waals surface area (Å²) in [6.45, 7) is 3.31. The Morgan fingerprint density at radius 2 is 1.96 bits per heavy atom. The molecule has 24 heavy (non-hydrogen) atoms. The molecule has 1 fully saturated rings. The average Bonchev–Trinajstić information content (AvgIpc) is 2.72. The normalized spacial score (nSPS) is 19.3. The highest BCUT2D eigenvalue weighted by Crippen LogP contribution is 2.35. The van der Waals surface area contributed by atoms with Crippen LogP contribution in [0.5, 0.6) is 0 Å². The minimum atomic E-state index is -4.37. The van der Waals surface area contributed by atoms with Gasteiger partial charge in [-0.15, -0.1) is 0 Å². The van der Waals surface area contributed by atoms with Gasteiger partial charge in [0.25, 0.3) is 0 Å². The van der Waals surface area contributed by atoms with Crippen molar-refractivity contribution in [3.63, 3.8) is 0 Å². The van der Waals surface area contributed by atoms with Gasteiger partial charge in [0.2, 0.25) is 5.91 Å². The molecule has 0 bridgehead atoms. The number of carbonyl (C=O) groups excluding carboxylic acids is 1. The zero-order valence-electron chi connectivity index (χ0n) is 13.8. The summed E-state index contributed by atoms with van der Waals surface area (Å²) in [5.74, 6) is -0.359. The van der Waals surface area contributed by atoms with Crippen molar-refractivity contribution < 1.29 is 18.0 Å². The molecule has 3 nitrogen and oxygen atoms in total. The molecule has 1 atom stereocenters. The fraction of sp³-hybridized carbons (Fsp3) is 0.588. The summed E-state index contributed by atoms with van der Waals surface area (Å²) in [4.78, 5) is 11.5. The summed E-state index contributed by atoms with van der Waals surface area (Å²) in [7, 11) is 0. The third-order valence-corrected chi connectivity index (χ3v) is 5.09. The Morgan fingerprint density at radius 1 is 1.29 bits per heavy atom. The molecule has 1 aliphatic heterocycles. The maximum Gasteiger partial charge on any atom is 0.405 e. The molecule has 0 spiro atoms. The number of nitrogens with zero attached hydrogens (tertiary/aromatic N) is 1. The highest BCUT2D eigenvalue weighted by molar-refractivity contribution is 9.10. The van der Waals surface area contributed by atoms with Gasteiger partial charge in [0.1, 0.15) is 6.04 Å². The van der Waals surface area contributed by atoms with E-state index in [0.29, 0.717) is 12.8 Å². The zero-order valence-corrected chi connectivity index (χ0v) is 15.4. The van der Waals surface area contributed by atoms with Crippen LogP contribution >= 0.6 is 15.9 Å². The van der Waals surface area contributed by atoms with Crippen molar-refractivity contribution >= 4 is 21.8 Å². The molecule has 2 rings (SSSR count). The van der Waals surface area contributed by atoms with E-state index in [1.54, 1.807) is 13.8 Å². The van der Waals surface area contributed by atoms with Crippen molar-refractivity contribution in [2.45, 2.75) is 63.7 Å². The Labute approximate surface area is 148 Å². The Morgan fingerprint density at radius 3 is 2.50 bits per heavy atom. The van der Waals surface area contributed by atoms with Crippen LogP contribution in [0, 0.1) is 0 Å². The molecule has 134 valence electrons. The summed E-state index contributed by atoms with van der Waals surface area (Å²) >= 11 is 3.45. The van der Waals surface area contributed by atoms with E-state index in [2.05, 4.69) is 21.4 Å². The summed E-state index contributed by atoms with van der Waals surface area (Å²) in [6, 6.07) is 6.07. The molecule has 1 heterocycles. The number of benzene rings is 1. The lowest BCUT2D eigenvalue weighted by atomic mass is 9.97. The quantitative estimate of drug-likeness (QED) is 0.699. The second kappa shape index (κ2) is 7.44. The molecule has 0 saturated carbocycles. The smallest absolute Gasteiger partial charge is 0.288 e. The van der Waals surface area contributed by atoms with Crippen molar-refractivity contribution in [1.82, 2.24) is 10.4 Å². The monoisotopic (exact) mass is 406 g/mol. The van der Waals surface area contributed by atoms with Gasteiger partial charge in [-0.2, -0.15) is 13.2 Å². The second-order valence-corrected chi connectivity index (χ2v) is 7.64. The lowest BCUT2D eigenvalue weighted by Gasteiger charge is -2.37. The Hall–Kier alpha value is -1.08. The number of carbonyl (C=O) groups is 1. The standard InChI is InChI=1S/C17H22BrF3N2O/c1-16(2)11-15(24)22-23(16)14(17(19,20)21)10-6-4-8-12-7-3-5-9-13(12)18/h3,5,7,9,14H,4,6,8,10-11H2,1-2H3,(H,22,24). The predicted octanol–water partition coefficient (Wildman–Crippen LogP) is 4.61. The van der Waals surface area contributed by atoms with Crippen LogP contribution in [0.4, 0.5) is 13.2 Å². The number of alkyl halides is 3. The fourth-order valence-corrected chi connectivity index (χ4v) is 3.58. The van der Waals surface area contributed by atoms with Gasteiger partial charge in [-0.05, 0) is 44.7 Å². The SMILES string of the molecule is CC1(C)CC(=O)NN1C(CCCCc1ccccc1Br)C(F)(F)F. The second-order valence-electron chi connectivity index (χ2n) is 6.79. The van der Waals surface area contributed by atoms with Crippen molar-refractivity contribution in [2.24, 2.45) is 0 Å². The van der Waals surface area contributed by atoms with Crippen molar-refractivity contribution in [1.29, 1.82) is 0 Å². The molecule has 1 unspecified atom stereocenters. The van der Waals surface area contributed by atoms with E-state index in [4.69, 9.17) is 0 Å².